The molecule has 20 heavy (non-hydrogen) atoms. The summed E-state index contributed by atoms with van der Waals surface area (Å²) in [7, 11) is 0. The van der Waals surface area contributed by atoms with Crippen LogP contribution >= 0.6 is 11.8 Å². The second kappa shape index (κ2) is 6.99. The van der Waals surface area contributed by atoms with Gasteiger partial charge in [-0.15, -0.1) is 11.8 Å². The molecule has 1 aliphatic rings. The second-order valence-electron chi connectivity index (χ2n) is 5.12. The number of nitrogens with two attached hydrogens (primary N) is 1. The van der Waals surface area contributed by atoms with Crippen LogP contribution in [0.2, 0.25) is 0 Å². The van der Waals surface area contributed by atoms with Crippen LogP contribution in [0.25, 0.3) is 0 Å². The lowest BCUT2D eigenvalue weighted by atomic mass is 10.1. The van der Waals surface area contributed by atoms with Crippen LogP contribution in [0.1, 0.15) is 19.8 Å². The average Bonchev–Trinajstić information content (AvgIpc) is 2.47. The molecule has 0 radical (unpaired) electrons. The van der Waals surface area contributed by atoms with E-state index >= 15 is 0 Å². The van der Waals surface area contributed by atoms with Crippen LogP contribution < -0.4 is 10.5 Å². The molecule has 0 saturated carbocycles. The molecule has 0 bridgehead atoms. The van der Waals surface area contributed by atoms with E-state index in [1.54, 1.807) is 18.7 Å². The third-order valence-corrected chi connectivity index (χ3v) is 4.23. The minimum Gasteiger partial charge on any atom is -0.481 e. The van der Waals surface area contributed by atoms with E-state index in [1.165, 1.54) is 4.90 Å². The van der Waals surface area contributed by atoms with Crippen molar-refractivity contribution < 1.29 is 9.53 Å². The normalized spacial score (nSPS) is 20.6. The van der Waals surface area contributed by atoms with Gasteiger partial charge in [-0.1, -0.05) is 0 Å². The van der Waals surface area contributed by atoms with Crippen molar-refractivity contribution in [3.8, 4) is 5.75 Å². The summed E-state index contributed by atoms with van der Waals surface area (Å²) in [4.78, 5) is 15.3. The third kappa shape index (κ3) is 3.90. The van der Waals surface area contributed by atoms with Gasteiger partial charge in [0.05, 0.1) is 0 Å². The van der Waals surface area contributed by atoms with Gasteiger partial charge >= 0.3 is 0 Å². The summed E-state index contributed by atoms with van der Waals surface area (Å²) < 4.78 is 5.72. The molecule has 1 heterocycles. The zero-order valence-electron chi connectivity index (χ0n) is 12.0. The minimum absolute atomic E-state index is 0.0223. The van der Waals surface area contributed by atoms with E-state index in [0.29, 0.717) is 6.54 Å². The van der Waals surface area contributed by atoms with Gasteiger partial charge in [-0.3, -0.25) is 4.79 Å². The lowest BCUT2D eigenvalue weighted by molar-refractivity contribution is -0.139. The van der Waals surface area contributed by atoms with Gasteiger partial charge < -0.3 is 15.4 Å². The van der Waals surface area contributed by atoms with Gasteiger partial charge in [0.25, 0.3) is 5.91 Å². The summed E-state index contributed by atoms with van der Waals surface area (Å²) in [6, 6.07) is 7.89. The number of rotatable bonds is 4. The number of nitrogens with zero attached hydrogens (tertiary/aromatic N) is 1. The number of carbonyl (C=O) groups is 1. The number of amides is 1. The molecular weight excluding hydrogens is 272 g/mol. The maximum absolute atomic E-state index is 12.3. The zero-order chi connectivity index (χ0) is 14.5. The van der Waals surface area contributed by atoms with Crippen molar-refractivity contribution in [3.63, 3.8) is 0 Å². The SMILES string of the molecule is CSc1ccc(OC(C)C(=O)N2CCCC(N)C2)cc1. The van der Waals surface area contributed by atoms with Crippen LogP contribution in [0.15, 0.2) is 29.2 Å². The Balaban J connectivity index is 1.92. The molecule has 2 N–H and O–H groups in total. The Bertz CT molecular complexity index is 450. The number of thioether (sulfide) groups is 1. The molecule has 0 aromatic heterocycles. The van der Waals surface area contributed by atoms with E-state index in [1.807, 2.05) is 35.4 Å². The fourth-order valence-electron chi connectivity index (χ4n) is 2.38. The number of carbonyl (C=O) groups excluding carboxylic acids is 1. The molecule has 1 saturated heterocycles. The van der Waals surface area contributed by atoms with Gasteiger partial charge in [-0.25, -0.2) is 0 Å². The van der Waals surface area contributed by atoms with E-state index in [4.69, 9.17) is 10.5 Å². The standard InChI is InChI=1S/C15H22N2O2S/c1-11(15(18)17-9-3-4-12(16)10-17)19-13-5-7-14(20-2)8-6-13/h5-8,11-12H,3-4,9-10,16H2,1-2H3. The molecule has 1 aliphatic heterocycles. The van der Waals surface area contributed by atoms with Gasteiger partial charge in [0.2, 0.25) is 0 Å². The summed E-state index contributed by atoms with van der Waals surface area (Å²) in [6.07, 6.45) is 3.53. The zero-order valence-corrected chi connectivity index (χ0v) is 12.9. The smallest absolute Gasteiger partial charge is 0.263 e. The lowest BCUT2D eigenvalue weighted by Crippen LogP contribution is -2.49. The number of hydrogen-bond donors (Lipinski definition) is 1. The highest BCUT2D eigenvalue weighted by Crippen LogP contribution is 2.20. The molecule has 1 amide bonds. The third-order valence-electron chi connectivity index (χ3n) is 3.49. The van der Waals surface area contributed by atoms with E-state index in [2.05, 4.69) is 0 Å². The molecule has 2 atom stereocenters. The Morgan fingerprint density at radius 2 is 2.15 bits per heavy atom. The molecule has 1 aromatic carbocycles. The minimum atomic E-state index is -0.472. The first-order chi connectivity index (χ1) is 9.60. The Morgan fingerprint density at radius 1 is 1.45 bits per heavy atom. The molecule has 4 nitrogen and oxygen atoms in total. The molecule has 0 spiro atoms. The highest BCUT2D eigenvalue weighted by atomic mass is 32.2. The van der Waals surface area contributed by atoms with E-state index in [0.717, 1.165) is 25.1 Å². The number of likely N-dealkylation sites (tertiary alicyclic amines) is 1. The average molecular weight is 294 g/mol. The van der Waals surface area contributed by atoms with Crippen molar-refractivity contribution in [2.24, 2.45) is 5.73 Å². The Kier molecular flexibility index (Phi) is 5.31. The van der Waals surface area contributed by atoms with Crippen LogP contribution in [-0.2, 0) is 4.79 Å². The maximum atomic E-state index is 12.3. The Hall–Kier alpha value is -1.20. The molecule has 1 aromatic rings. The predicted molar refractivity (Wildman–Crippen MR) is 82.1 cm³/mol. The van der Waals surface area contributed by atoms with Crippen molar-refractivity contribution in [2.75, 3.05) is 19.3 Å². The molecule has 5 heteroatoms. The second-order valence-corrected chi connectivity index (χ2v) is 6.00. The lowest BCUT2D eigenvalue weighted by Gasteiger charge is -2.32. The monoisotopic (exact) mass is 294 g/mol. The predicted octanol–water partition coefficient (Wildman–Crippen LogP) is 2.13. The summed E-state index contributed by atoms with van der Waals surface area (Å²) in [6.45, 7) is 3.22. The molecule has 2 unspecified atom stereocenters. The summed E-state index contributed by atoms with van der Waals surface area (Å²) in [5.41, 5.74) is 5.91. The number of hydrogen-bond acceptors (Lipinski definition) is 4. The first-order valence-corrected chi connectivity index (χ1v) is 8.17. The van der Waals surface area contributed by atoms with Crippen molar-refractivity contribution in [1.82, 2.24) is 4.90 Å². The van der Waals surface area contributed by atoms with Gasteiger partial charge in [0, 0.05) is 24.0 Å². The van der Waals surface area contributed by atoms with Crippen LogP contribution in [0.5, 0.6) is 5.75 Å². The topological polar surface area (TPSA) is 55.6 Å². The summed E-state index contributed by atoms with van der Waals surface area (Å²) in [5.74, 6) is 0.749. The fourth-order valence-corrected chi connectivity index (χ4v) is 2.78. The van der Waals surface area contributed by atoms with Crippen molar-refractivity contribution in [1.29, 1.82) is 0 Å². The molecule has 0 aliphatic carbocycles. The molecule has 110 valence electrons. The maximum Gasteiger partial charge on any atom is 0.263 e. The van der Waals surface area contributed by atoms with Crippen LogP contribution in [-0.4, -0.2) is 42.3 Å². The molecule has 1 fully saturated rings. The molecule has 2 rings (SSSR count). The largest absolute Gasteiger partial charge is 0.481 e. The van der Waals surface area contributed by atoms with Gasteiger partial charge in [0.15, 0.2) is 6.10 Å². The van der Waals surface area contributed by atoms with Crippen molar-refractivity contribution >= 4 is 17.7 Å². The van der Waals surface area contributed by atoms with E-state index in [-0.39, 0.29) is 11.9 Å². The van der Waals surface area contributed by atoms with Gasteiger partial charge in [0.1, 0.15) is 5.75 Å². The summed E-state index contributed by atoms with van der Waals surface area (Å²) >= 11 is 1.68. The highest BCUT2D eigenvalue weighted by molar-refractivity contribution is 7.98. The van der Waals surface area contributed by atoms with Crippen molar-refractivity contribution in [3.05, 3.63) is 24.3 Å². The fraction of sp³-hybridized carbons (Fsp3) is 0.533. The van der Waals surface area contributed by atoms with Crippen LogP contribution in [0, 0.1) is 0 Å². The van der Waals surface area contributed by atoms with E-state index in [9.17, 15) is 4.79 Å². The Morgan fingerprint density at radius 3 is 2.75 bits per heavy atom. The Labute approximate surface area is 124 Å². The van der Waals surface area contributed by atoms with Gasteiger partial charge in [-0.2, -0.15) is 0 Å². The van der Waals surface area contributed by atoms with Gasteiger partial charge in [-0.05, 0) is 50.3 Å². The summed E-state index contributed by atoms with van der Waals surface area (Å²) in [5, 5.41) is 0. The van der Waals surface area contributed by atoms with Crippen molar-refractivity contribution in [2.45, 2.75) is 36.8 Å². The molecular formula is C15H22N2O2S. The number of ether oxygens (including phenoxy) is 1. The first-order valence-electron chi connectivity index (χ1n) is 6.95. The quantitative estimate of drug-likeness (QED) is 0.864. The number of benzene rings is 1. The van der Waals surface area contributed by atoms with Crippen LogP contribution in [0.3, 0.4) is 0 Å². The van der Waals surface area contributed by atoms with Crippen LogP contribution in [0.4, 0.5) is 0 Å². The number of piperidine rings is 1. The first kappa shape index (κ1) is 15.2. The highest BCUT2D eigenvalue weighted by Gasteiger charge is 2.26. The van der Waals surface area contributed by atoms with E-state index < -0.39 is 6.10 Å².